The van der Waals surface area contributed by atoms with Gasteiger partial charge < -0.3 is 9.30 Å². The van der Waals surface area contributed by atoms with Gasteiger partial charge in [-0.15, -0.1) is 0 Å². The molecule has 1 amide bonds. The topological polar surface area (TPSA) is 89.8 Å². The molecule has 0 saturated heterocycles. The van der Waals surface area contributed by atoms with Gasteiger partial charge >= 0.3 is 0 Å². The Labute approximate surface area is 196 Å². The zero-order valence-electron chi connectivity index (χ0n) is 18.6. The highest BCUT2D eigenvalue weighted by Gasteiger charge is 2.15. The second kappa shape index (κ2) is 8.84. The van der Waals surface area contributed by atoms with Crippen LogP contribution in [0.15, 0.2) is 70.6 Å². The van der Waals surface area contributed by atoms with Gasteiger partial charge in [-0.25, -0.2) is 8.42 Å². The number of nitrogens with one attached hydrogen (secondary N) is 1. The molecule has 1 N–H and O–H groups in total. The highest BCUT2D eigenvalue weighted by atomic mass is 32.2. The van der Waals surface area contributed by atoms with Crippen molar-refractivity contribution in [3.63, 3.8) is 0 Å². The first-order valence-corrected chi connectivity index (χ1v) is 12.4. The first kappa shape index (κ1) is 22.8. The molecule has 1 heterocycles. The molecule has 4 rings (SSSR count). The van der Waals surface area contributed by atoms with Crippen molar-refractivity contribution in [3.8, 4) is 5.75 Å². The lowest BCUT2D eigenvalue weighted by atomic mass is 10.1. The van der Waals surface area contributed by atoms with E-state index in [4.69, 9.17) is 4.74 Å². The molecule has 0 aliphatic rings. The third kappa shape index (κ3) is 4.69. The lowest BCUT2D eigenvalue weighted by Crippen LogP contribution is -2.14. The summed E-state index contributed by atoms with van der Waals surface area (Å²) in [6.45, 7) is 4.08. The van der Waals surface area contributed by atoms with Crippen LogP contribution in [0.1, 0.15) is 21.5 Å². The van der Waals surface area contributed by atoms with Crippen molar-refractivity contribution in [3.05, 3.63) is 82.2 Å². The molecule has 0 aliphatic heterocycles. The van der Waals surface area contributed by atoms with Crippen molar-refractivity contribution in [1.82, 2.24) is 4.57 Å². The van der Waals surface area contributed by atoms with Gasteiger partial charge in [0, 0.05) is 18.3 Å². The van der Waals surface area contributed by atoms with Crippen LogP contribution in [0.5, 0.6) is 5.75 Å². The van der Waals surface area contributed by atoms with Gasteiger partial charge in [0.15, 0.2) is 4.80 Å². The minimum Gasteiger partial charge on any atom is -0.497 e. The average molecular weight is 482 g/mol. The van der Waals surface area contributed by atoms with Crippen LogP contribution in [-0.4, -0.2) is 26.0 Å². The van der Waals surface area contributed by atoms with Crippen LogP contribution < -0.4 is 14.3 Å². The number of aromatic nitrogens is 1. The van der Waals surface area contributed by atoms with E-state index in [1.807, 2.05) is 25.5 Å². The van der Waals surface area contributed by atoms with E-state index < -0.39 is 15.9 Å². The second-order valence-electron chi connectivity index (χ2n) is 7.65. The number of thiazole rings is 1. The average Bonchev–Trinajstić information content (AvgIpc) is 3.09. The summed E-state index contributed by atoms with van der Waals surface area (Å²) in [6, 6.07) is 16.5. The number of hydrogen-bond acceptors (Lipinski definition) is 5. The van der Waals surface area contributed by atoms with Gasteiger partial charge in [-0.05, 0) is 79.6 Å². The second-order valence-corrected chi connectivity index (χ2v) is 10.3. The Bertz CT molecular complexity index is 1520. The Morgan fingerprint density at radius 2 is 1.70 bits per heavy atom. The Morgan fingerprint density at radius 1 is 1.03 bits per heavy atom. The molecule has 33 heavy (non-hydrogen) atoms. The van der Waals surface area contributed by atoms with Gasteiger partial charge in [-0.2, -0.15) is 4.99 Å². The number of benzene rings is 3. The van der Waals surface area contributed by atoms with Crippen molar-refractivity contribution in [2.24, 2.45) is 12.0 Å². The molecule has 9 heteroatoms. The van der Waals surface area contributed by atoms with Gasteiger partial charge in [0.1, 0.15) is 5.75 Å². The standard InChI is InChI=1S/C24H23N3O4S2/c1-15-13-16(2)22-21(14-15)32-24(27(22)3)25-23(28)17-5-7-18(8-6-17)26-33(29,30)20-11-9-19(31-4)10-12-20/h5-14,26H,1-4H3. The first-order valence-electron chi connectivity index (χ1n) is 10.1. The van der Waals surface area contributed by atoms with E-state index in [0.717, 1.165) is 21.3 Å². The molecule has 0 radical (unpaired) electrons. The first-order chi connectivity index (χ1) is 15.7. The maximum atomic E-state index is 12.7. The number of aryl methyl sites for hydroxylation is 3. The number of ether oxygens (including phenoxy) is 1. The zero-order chi connectivity index (χ0) is 23.8. The summed E-state index contributed by atoms with van der Waals surface area (Å²) in [4.78, 5) is 17.8. The Balaban J connectivity index is 1.57. The number of anilines is 1. The lowest BCUT2D eigenvalue weighted by molar-refractivity contribution is 0.0998. The number of nitrogens with zero attached hydrogens (tertiary/aromatic N) is 2. The largest absolute Gasteiger partial charge is 0.497 e. The van der Waals surface area contributed by atoms with Crippen LogP contribution in [0.4, 0.5) is 5.69 Å². The molecular weight excluding hydrogens is 458 g/mol. The molecule has 0 aliphatic carbocycles. The summed E-state index contributed by atoms with van der Waals surface area (Å²) in [5, 5.41) is 0. The maximum Gasteiger partial charge on any atom is 0.279 e. The van der Waals surface area contributed by atoms with Gasteiger partial charge in [-0.1, -0.05) is 17.4 Å². The SMILES string of the molecule is COc1ccc(S(=O)(=O)Nc2ccc(C(=O)N=c3sc4cc(C)cc(C)c4n3C)cc2)cc1. The van der Waals surface area contributed by atoms with Crippen LogP contribution in [0, 0.1) is 13.8 Å². The number of carbonyl (C=O) groups is 1. The molecular formula is C24H23N3O4S2. The third-order valence-corrected chi connectivity index (χ3v) is 7.66. The van der Waals surface area contributed by atoms with E-state index in [1.54, 1.807) is 36.4 Å². The molecule has 0 spiro atoms. The van der Waals surface area contributed by atoms with Crippen molar-refractivity contribution < 1.29 is 17.9 Å². The maximum absolute atomic E-state index is 12.7. The van der Waals surface area contributed by atoms with Gasteiger partial charge in [0.05, 0.1) is 22.2 Å². The minimum absolute atomic E-state index is 0.112. The van der Waals surface area contributed by atoms with Crippen LogP contribution in [0.3, 0.4) is 0 Å². The molecule has 4 aromatic rings. The van der Waals surface area contributed by atoms with Crippen molar-refractivity contribution >= 4 is 43.2 Å². The van der Waals surface area contributed by atoms with Crippen LogP contribution in [0.25, 0.3) is 10.2 Å². The molecule has 1 aromatic heterocycles. The minimum atomic E-state index is -3.76. The summed E-state index contributed by atoms with van der Waals surface area (Å²) < 4.78 is 35.8. The van der Waals surface area contributed by atoms with E-state index in [1.165, 1.54) is 30.6 Å². The predicted octanol–water partition coefficient (Wildman–Crippen LogP) is 4.41. The van der Waals surface area contributed by atoms with Gasteiger partial charge in [-0.3, -0.25) is 9.52 Å². The summed E-state index contributed by atoms with van der Waals surface area (Å²) in [6.07, 6.45) is 0. The van der Waals surface area contributed by atoms with E-state index in [9.17, 15) is 13.2 Å². The summed E-state index contributed by atoms with van der Waals surface area (Å²) >= 11 is 1.46. The predicted molar refractivity (Wildman–Crippen MR) is 130 cm³/mol. The normalized spacial score (nSPS) is 12.2. The van der Waals surface area contributed by atoms with Crippen molar-refractivity contribution in [2.45, 2.75) is 18.7 Å². The van der Waals surface area contributed by atoms with E-state index in [2.05, 4.69) is 21.8 Å². The Kier molecular flexibility index (Phi) is 6.09. The third-order valence-electron chi connectivity index (χ3n) is 5.18. The van der Waals surface area contributed by atoms with Gasteiger partial charge in [0.2, 0.25) is 0 Å². The number of methoxy groups -OCH3 is 1. The smallest absolute Gasteiger partial charge is 0.279 e. The fraction of sp³-hybridized carbons (Fsp3) is 0.167. The fourth-order valence-corrected chi connectivity index (χ4v) is 5.84. The molecule has 0 saturated carbocycles. The Morgan fingerprint density at radius 3 is 2.33 bits per heavy atom. The summed E-state index contributed by atoms with van der Waals surface area (Å²) in [5.41, 5.74) is 4.06. The van der Waals surface area contributed by atoms with E-state index in [0.29, 0.717) is 21.8 Å². The van der Waals surface area contributed by atoms with Crippen LogP contribution >= 0.6 is 11.3 Å². The van der Waals surface area contributed by atoms with Gasteiger partial charge in [0.25, 0.3) is 15.9 Å². The lowest BCUT2D eigenvalue weighted by Gasteiger charge is -2.09. The number of fused-ring (bicyclic) bond motifs is 1. The molecule has 170 valence electrons. The monoisotopic (exact) mass is 481 g/mol. The number of rotatable bonds is 5. The summed E-state index contributed by atoms with van der Waals surface area (Å²) in [7, 11) is -0.357. The van der Waals surface area contributed by atoms with E-state index in [-0.39, 0.29) is 4.90 Å². The summed E-state index contributed by atoms with van der Waals surface area (Å²) in [5.74, 6) is 0.175. The quantitative estimate of drug-likeness (QED) is 0.457. The number of carbonyl (C=O) groups excluding carboxylic acids is 1. The van der Waals surface area contributed by atoms with Crippen LogP contribution in [0.2, 0.25) is 0 Å². The molecule has 0 unspecified atom stereocenters. The van der Waals surface area contributed by atoms with Crippen LogP contribution in [-0.2, 0) is 17.1 Å². The number of sulfonamides is 1. The van der Waals surface area contributed by atoms with Crippen molar-refractivity contribution in [1.29, 1.82) is 0 Å². The molecule has 0 bridgehead atoms. The van der Waals surface area contributed by atoms with E-state index >= 15 is 0 Å². The molecule has 7 nitrogen and oxygen atoms in total. The highest BCUT2D eigenvalue weighted by Crippen LogP contribution is 2.23. The number of amides is 1. The number of hydrogen-bond donors (Lipinski definition) is 1. The molecule has 0 fully saturated rings. The fourth-order valence-electron chi connectivity index (χ4n) is 3.59. The molecule has 0 atom stereocenters. The van der Waals surface area contributed by atoms with Crippen molar-refractivity contribution in [2.75, 3.05) is 11.8 Å². The Hall–Kier alpha value is -3.43. The zero-order valence-corrected chi connectivity index (χ0v) is 20.3. The highest BCUT2D eigenvalue weighted by molar-refractivity contribution is 7.92. The molecule has 3 aromatic carbocycles.